The smallest absolute Gasteiger partial charge is 0.416 e. The fourth-order valence-corrected chi connectivity index (χ4v) is 6.04. The van der Waals surface area contributed by atoms with Crippen LogP contribution < -0.4 is 0 Å². The number of esters is 1. The molecule has 4 rings (SSSR count). The Morgan fingerprint density at radius 3 is 1.91 bits per heavy atom. The molecule has 1 N–H and O–H groups in total. The average Bonchev–Trinajstić information content (AvgIpc) is 3.10. The van der Waals surface area contributed by atoms with E-state index >= 15 is 0 Å². The van der Waals surface area contributed by atoms with Crippen molar-refractivity contribution in [3.8, 4) is 0 Å². The number of aryl methyl sites for hydroxylation is 1. The maximum Gasteiger partial charge on any atom is 0.416 e. The third kappa shape index (κ3) is 13.9. The van der Waals surface area contributed by atoms with Gasteiger partial charge in [0.1, 0.15) is 5.60 Å². The summed E-state index contributed by atoms with van der Waals surface area (Å²) in [6.45, 7) is 10.6. The van der Waals surface area contributed by atoms with Crippen molar-refractivity contribution in [1.29, 1.82) is 0 Å². The van der Waals surface area contributed by atoms with E-state index in [1.54, 1.807) is 29.2 Å². The molecular formula is C42H51F3N4O5. The second kappa shape index (κ2) is 19.5. The molecule has 0 saturated carbocycles. The summed E-state index contributed by atoms with van der Waals surface area (Å²) in [6.07, 6.45) is -4.49. The van der Waals surface area contributed by atoms with Gasteiger partial charge in [-0.2, -0.15) is 13.2 Å². The summed E-state index contributed by atoms with van der Waals surface area (Å²) < 4.78 is 51.4. The highest BCUT2D eigenvalue weighted by Gasteiger charge is 2.30. The van der Waals surface area contributed by atoms with E-state index in [9.17, 15) is 27.9 Å². The molecule has 0 bridgehead atoms. The molecule has 0 aliphatic heterocycles. The molecule has 0 spiro atoms. The van der Waals surface area contributed by atoms with Crippen LogP contribution in [0.2, 0.25) is 0 Å². The Hall–Kier alpha value is -4.78. The van der Waals surface area contributed by atoms with Crippen molar-refractivity contribution in [2.45, 2.75) is 78.6 Å². The number of carbonyl (C=O) groups excluding carboxylic acids is 2. The van der Waals surface area contributed by atoms with Crippen LogP contribution >= 0.6 is 0 Å². The largest absolute Gasteiger partial charge is 0.465 e. The standard InChI is InChI=1S/C42H51F3N4O5/c1-31-11-6-12-32(23-31)26-47(20-21-49(19-10-22-50)40(52)54-41(2,3)4)29-37-17-9-18-38(46-37)30-48(27-33-13-7-15-35(24-33)39(51)53-5)28-34-14-8-16-36(25-34)42(43,44)45/h6-9,11-18,23-25,50H,10,19-22,26-30H2,1-5H3. The molecule has 0 atom stereocenters. The van der Waals surface area contributed by atoms with Gasteiger partial charge in [0.15, 0.2) is 0 Å². The zero-order valence-corrected chi connectivity index (χ0v) is 31.7. The van der Waals surface area contributed by atoms with Gasteiger partial charge in [0, 0.05) is 59.0 Å². The van der Waals surface area contributed by atoms with Crippen molar-refractivity contribution in [3.05, 3.63) is 136 Å². The van der Waals surface area contributed by atoms with Gasteiger partial charge < -0.3 is 19.5 Å². The van der Waals surface area contributed by atoms with Crippen LogP contribution in [0.15, 0.2) is 91.0 Å². The number of hydrogen-bond acceptors (Lipinski definition) is 8. The van der Waals surface area contributed by atoms with Crippen LogP contribution in [0.25, 0.3) is 0 Å². The third-order valence-corrected chi connectivity index (χ3v) is 8.46. The van der Waals surface area contributed by atoms with Gasteiger partial charge in [-0.3, -0.25) is 14.8 Å². The highest BCUT2D eigenvalue weighted by Crippen LogP contribution is 2.30. The Kier molecular flexibility index (Phi) is 15.2. The van der Waals surface area contributed by atoms with E-state index in [0.717, 1.165) is 40.2 Å². The van der Waals surface area contributed by atoms with E-state index < -0.39 is 29.4 Å². The Morgan fingerprint density at radius 1 is 0.722 bits per heavy atom. The van der Waals surface area contributed by atoms with E-state index in [1.165, 1.54) is 13.2 Å². The lowest BCUT2D eigenvalue weighted by Crippen LogP contribution is -2.42. The van der Waals surface area contributed by atoms with Crippen LogP contribution in [0.4, 0.5) is 18.0 Å². The van der Waals surface area contributed by atoms with Gasteiger partial charge in [0.05, 0.1) is 29.6 Å². The van der Waals surface area contributed by atoms with Crippen LogP contribution in [0, 0.1) is 6.92 Å². The summed E-state index contributed by atoms with van der Waals surface area (Å²) in [6, 6.07) is 26.2. The number of amides is 1. The summed E-state index contributed by atoms with van der Waals surface area (Å²) >= 11 is 0. The number of aliphatic hydroxyl groups is 1. The third-order valence-electron chi connectivity index (χ3n) is 8.46. The molecule has 4 aromatic rings. The quantitative estimate of drug-likeness (QED) is 0.109. The van der Waals surface area contributed by atoms with Crippen molar-refractivity contribution >= 4 is 12.1 Å². The molecule has 1 heterocycles. The second-order valence-corrected chi connectivity index (χ2v) is 14.4. The van der Waals surface area contributed by atoms with Crippen LogP contribution in [0.5, 0.6) is 0 Å². The summed E-state index contributed by atoms with van der Waals surface area (Å²) in [7, 11) is 1.31. The van der Waals surface area contributed by atoms with Crippen LogP contribution in [0.3, 0.4) is 0 Å². The van der Waals surface area contributed by atoms with Gasteiger partial charge in [-0.25, -0.2) is 9.59 Å². The Bertz CT molecular complexity index is 1830. The van der Waals surface area contributed by atoms with Crippen LogP contribution in [-0.2, 0) is 48.4 Å². The normalized spacial score (nSPS) is 11.9. The lowest BCUT2D eigenvalue weighted by Gasteiger charge is -2.30. The number of rotatable bonds is 17. The van der Waals surface area contributed by atoms with E-state index in [1.807, 2.05) is 69.0 Å². The van der Waals surface area contributed by atoms with Crippen molar-refractivity contribution in [3.63, 3.8) is 0 Å². The van der Waals surface area contributed by atoms with Crippen LogP contribution in [-0.4, -0.2) is 75.8 Å². The summed E-state index contributed by atoms with van der Waals surface area (Å²) in [4.78, 5) is 36.1. The molecule has 290 valence electrons. The maximum atomic E-state index is 13.6. The summed E-state index contributed by atoms with van der Waals surface area (Å²) in [5, 5.41) is 9.50. The number of benzene rings is 3. The fourth-order valence-electron chi connectivity index (χ4n) is 6.04. The van der Waals surface area contributed by atoms with Gasteiger partial charge in [-0.05, 0) is 81.1 Å². The first-order chi connectivity index (χ1) is 25.6. The molecular weight excluding hydrogens is 697 g/mol. The number of alkyl halides is 3. The maximum absolute atomic E-state index is 13.6. The molecule has 0 unspecified atom stereocenters. The van der Waals surface area contributed by atoms with Crippen molar-refractivity contribution in [1.82, 2.24) is 19.7 Å². The number of carbonyl (C=O) groups is 2. The van der Waals surface area contributed by atoms with Gasteiger partial charge in [-0.1, -0.05) is 66.2 Å². The van der Waals surface area contributed by atoms with Gasteiger partial charge >= 0.3 is 18.2 Å². The van der Waals surface area contributed by atoms with E-state index in [-0.39, 0.29) is 13.2 Å². The second-order valence-electron chi connectivity index (χ2n) is 14.4. The number of methoxy groups -OCH3 is 1. The number of aliphatic hydroxyl groups excluding tert-OH is 1. The first-order valence-corrected chi connectivity index (χ1v) is 18.0. The first kappa shape index (κ1) is 42.0. The molecule has 0 saturated heterocycles. The molecule has 3 aromatic carbocycles. The number of aromatic nitrogens is 1. The van der Waals surface area contributed by atoms with Gasteiger partial charge in [0.2, 0.25) is 0 Å². The molecule has 0 fully saturated rings. The number of halogens is 3. The van der Waals surface area contributed by atoms with Gasteiger partial charge in [0.25, 0.3) is 0 Å². The molecule has 0 aliphatic rings. The summed E-state index contributed by atoms with van der Waals surface area (Å²) in [5.41, 5.74) is 4.01. The highest BCUT2D eigenvalue weighted by atomic mass is 19.4. The zero-order chi connectivity index (χ0) is 39.3. The lowest BCUT2D eigenvalue weighted by atomic mass is 10.1. The fraction of sp³-hybridized carbons (Fsp3) is 0.405. The predicted molar refractivity (Wildman–Crippen MR) is 201 cm³/mol. The predicted octanol–water partition coefficient (Wildman–Crippen LogP) is 8.02. The average molecular weight is 749 g/mol. The van der Waals surface area contributed by atoms with E-state index in [4.69, 9.17) is 14.5 Å². The first-order valence-electron chi connectivity index (χ1n) is 18.0. The molecule has 54 heavy (non-hydrogen) atoms. The number of nitrogens with zero attached hydrogens (tertiary/aromatic N) is 4. The lowest BCUT2D eigenvalue weighted by molar-refractivity contribution is -0.137. The number of hydrogen-bond donors (Lipinski definition) is 1. The molecule has 12 heteroatoms. The van der Waals surface area contributed by atoms with Crippen LogP contribution in [0.1, 0.15) is 76.8 Å². The van der Waals surface area contributed by atoms with Crippen molar-refractivity contribution in [2.75, 3.05) is 33.4 Å². The SMILES string of the molecule is COC(=O)c1cccc(CN(Cc2cccc(C(F)(F)F)c2)Cc2cccc(CN(CCN(CCCO)C(=O)OC(C)(C)C)Cc3cccc(C)c3)n2)c1. The minimum atomic E-state index is -4.47. The monoisotopic (exact) mass is 748 g/mol. The minimum absolute atomic E-state index is 0.0511. The zero-order valence-electron chi connectivity index (χ0n) is 31.7. The molecule has 0 radical (unpaired) electrons. The number of pyridine rings is 1. The minimum Gasteiger partial charge on any atom is -0.465 e. The topological polar surface area (TPSA) is 95.4 Å². The van der Waals surface area contributed by atoms with E-state index in [0.29, 0.717) is 63.4 Å². The summed E-state index contributed by atoms with van der Waals surface area (Å²) in [5.74, 6) is -0.478. The molecule has 1 amide bonds. The van der Waals surface area contributed by atoms with E-state index in [2.05, 4.69) is 17.0 Å². The Labute approximate surface area is 316 Å². The van der Waals surface area contributed by atoms with Gasteiger partial charge in [-0.15, -0.1) is 0 Å². The molecule has 9 nitrogen and oxygen atoms in total. The van der Waals surface area contributed by atoms with Crippen molar-refractivity contribution < 1.29 is 37.3 Å². The number of ether oxygens (including phenoxy) is 2. The van der Waals surface area contributed by atoms with Crippen molar-refractivity contribution in [2.24, 2.45) is 0 Å². The molecule has 1 aromatic heterocycles. The Balaban J connectivity index is 1.59. The molecule has 0 aliphatic carbocycles. The Morgan fingerprint density at radius 2 is 1.30 bits per heavy atom. The highest BCUT2D eigenvalue weighted by molar-refractivity contribution is 5.89.